The van der Waals surface area contributed by atoms with Gasteiger partial charge in [0.25, 0.3) is 5.91 Å². The van der Waals surface area contributed by atoms with Crippen LogP contribution in [0.25, 0.3) is 10.2 Å². The van der Waals surface area contributed by atoms with Gasteiger partial charge in [-0.2, -0.15) is 0 Å². The number of hydrogen-bond acceptors (Lipinski definition) is 7. The van der Waals surface area contributed by atoms with Gasteiger partial charge in [-0.15, -0.1) is 0 Å². The largest absolute Gasteiger partial charge is 0.495 e. The molecule has 2 N–H and O–H groups in total. The van der Waals surface area contributed by atoms with Crippen molar-refractivity contribution >= 4 is 38.3 Å². The second kappa shape index (κ2) is 7.49. The first-order valence-electron chi connectivity index (χ1n) is 7.88. The molecule has 0 aliphatic carbocycles. The van der Waals surface area contributed by atoms with Crippen LogP contribution in [0.15, 0.2) is 36.4 Å². The average molecular weight is 372 g/mol. The maximum atomic E-state index is 12.3. The summed E-state index contributed by atoms with van der Waals surface area (Å²) in [6.07, 6.45) is 0. The van der Waals surface area contributed by atoms with E-state index in [1.165, 1.54) is 11.3 Å². The maximum absolute atomic E-state index is 12.3. The Bertz CT molecular complexity index is 881. The minimum absolute atomic E-state index is 0.242. The number of carbonyl (C=O) groups excluding carboxylic acids is 1. The molecule has 0 radical (unpaired) electrons. The highest BCUT2D eigenvalue weighted by Gasteiger charge is 2.14. The van der Waals surface area contributed by atoms with Crippen LogP contribution in [0.4, 0.5) is 10.8 Å². The van der Waals surface area contributed by atoms with Gasteiger partial charge in [-0.3, -0.25) is 15.6 Å². The predicted molar refractivity (Wildman–Crippen MR) is 105 cm³/mol. The van der Waals surface area contributed by atoms with Crippen LogP contribution in [-0.4, -0.2) is 39.2 Å². The molecule has 0 atom stereocenters. The molecule has 26 heavy (non-hydrogen) atoms. The highest BCUT2D eigenvalue weighted by Crippen LogP contribution is 2.38. The van der Waals surface area contributed by atoms with Gasteiger partial charge in [0.05, 0.1) is 14.2 Å². The first kappa shape index (κ1) is 17.8. The van der Waals surface area contributed by atoms with E-state index in [0.717, 1.165) is 10.4 Å². The summed E-state index contributed by atoms with van der Waals surface area (Å²) in [7, 11) is 7.10. The van der Waals surface area contributed by atoms with Crippen LogP contribution in [0.1, 0.15) is 10.4 Å². The Morgan fingerprint density at radius 2 is 1.69 bits per heavy atom. The standard InChI is InChI=1S/C18H20N4O3S/c1-22(2)12-7-5-11(6-8-12)17(23)20-21-18-19-15-13(24-3)9-10-14(25-4)16(15)26-18/h5-10H,1-4H3,(H,19,21)(H,20,23). The summed E-state index contributed by atoms with van der Waals surface area (Å²) >= 11 is 1.37. The van der Waals surface area contributed by atoms with E-state index in [9.17, 15) is 4.79 Å². The number of nitrogens with one attached hydrogen (secondary N) is 2. The fourth-order valence-corrected chi connectivity index (χ4v) is 3.36. The number of methoxy groups -OCH3 is 2. The van der Waals surface area contributed by atoms with Crippen molar-refractivity contribution in [2.45, 2.75) is 0 Å². The van der Waals surface area contributed by atoms with Gasteiger partial charge in [-0.05, 0) is 36.4 Å². The summed E-state index contributed by atoms with van der Waals surface area (Å²) in [4.78, 5) is 18.8. The van der Waals surface area contributed by atoms with E-state index in [-0.39, 0.29) is 5.91 Å². The first-order chi connectivity index (χ1) is 12.5. The third-order valence-electron chi connectivity index (χ3n) is 3.84. The Kier molecular flexibility index (Phi) is 5.13. The molecule has 2 aromatic carbocycles. The van der Waals surface area contributed by atoms with Crippen molar-refractivity contribution in [1.29, 1.82) is 0 Å². The van der Waals surface area contributed by atoms with Gasteiger partial charge in [-0.1, -0.05) is 11.3 Å². The van der Waals surface area contributed by atoms with E-state index >= 15 is 0 Å². The number of ether oxygens (including phenoxy) is 2. The Balaban J connectivity index is 1.76. The second-order valence-corrected chi connectivity index (χ2v) is 6.69. The Morgan fingerprint density at radius 1 is 1.04 bits per heavy atom. The SMILES string of the molecule is COc1ccc(OC)c2sc(NNC(=O)c3ccc(N(C)C)cc3)nc12. The number of fused-ring (bicyclic) bond motifs is 1. The quantitative estimate of drug-likeness (QED) is 0.648. The fraction of sp³-hybridized carbons (Fsp3) is 0.222. The minimum Gasteiger partial charge on any atom is -0.495 e. The van der Waals surface area contributed by atoms with Crippen molar-refractivity contribution < 1.29 is 14.3 Å². The third kappa shape index (κ3) is 3.50. The molecule has 0 aliphatic rings. The Morgan fingerprint density at radius 3 is 2.31 bits per heavy atom. The second-order valence-electron chi connectivity index (χ2n) is 5.69. The monoisotopic (exact) mass is 372 g/mol. The molecule has 0 saturated heterocycles. The molecule has 1 heterocycles. The Labute approximate surface area is 155 Å². The molecule has 7 nitrogen and oxygen atoms in total. The number of aromatic nitrogens is 1. The van der Waals surface area contributed by atoms with E-state index in [4.69, 9.17) is 9.47 Å². The number of hydrazine groups is 1. The lowest BCUT2D eigenvalue weighted by Crippen LogP contribution is -2.29. The van der Waals surface area contributed by atoms with Crippen molar-refractivity contribution in [3.63, 3.8) is 0 Å². The van der Waals surface area contributed by atoms with Crippen molar-refractivity contribution in [2.24, 2.45) is 0 Å². The summed E-state index contributed by atoms with van der Waals surface area (Å²) in [5, 5.41) is 0.543. The van der Waals surface area contributed by atoms with Crippen LogP contribution in [0, 0.1) is 0 Å². The van der Waals surface area contributed by atoms with Crippen LogP contribution in [0.3, 0.4) is 0 Å². The number of anilines is 2. The molecule has 0 spiro atoms. The van der Waals surface area contributed by atoms with E-state index in [0.29, 0.717) is 27.7 Å². The summed E-state index contributed by atoms with van der Waals surface area (Å²) in [6.45, 7) is 0. The molecule has 0 aliphatic heterocycles. The van der Waals surface area contributed by atoms with Crippen LogP contribution >= 0.6 is 11.3 Å². The molecule has 0 bridgehead atoms. The molecule has 0 unspecified atom stereocenters. The van der Waals surface area contributed by atoms with Crippen molar-refractivity contribution in [1.82, 2.24) is 10.4 Å². The molecular weight excluding hydrogens is 352 g/mol. The van der Waals surface area contributed by atoms with E-state index in [1.807, 2.05) is 37.2 Å². The summed E-state index contributed by atoms with van der Waals surface area (Å²) in [6, 6.07) is 11.0. The van der Waals surface area contributed by atoms with Gasteiger partial charge in [0, 0.05) is 25.3 Å². The maximum Gasteiger partial charge on any atom is 0.269 e. The van der Waals surface area contributed by atoms with Crippen LogP contribution in [0.2, 0.25) is 0 Å². The zero-order valence-corrected chi connectivity index (χ0v) is 15.8. The van der Waals surface area contributed by atoms with Gasteiger partial charge in [0.1, 0.15) is 21.7 Å². The van der Waals surface area contributed by atoms with Crippen LogP contribution < -0.4 is 25.2 Å². The summed E-state index contributed by atoms with van der Waals surface area (Å²) in [5.41, 5.74) is 7.79. The number of benzene rings is 2. The fourth-order valence-electron chi connectivity index (χ4n) is 2.43. The normalized spacial score (nSPS) is 10.5. The lowest BCUT2D eigenvalue weighted by atomic mass is 10.2. The molecule has 1 aromatic heterocycles. The molecule has 0 fully saturated rings. The molecular formula is C18H20N4O3S. The number of amides is 1. The molecule has 0 saturated carbocycles. The highest BCUT2D eigenvalue weighted by atomic mass is 32.1. The molecule has 136 valence electrons. The molecule has 3 rings (SSSR count). The number of rotatable bonds is 6. The van der Waals surface area contributed by atoms with Crippen LogP contribution in [0.5, 0.6) is 11.5 Å². The lowest BCUT2D eigenvalue weighted by Gasteiger charge is -2.12. The topological polar surface area (TPSA) is 75.7 Å². The minimum atomic E-state index is -0.242. The van der Waals surface area contributed by atoms with Gasteiger partial charge >= 0.3 is 0 Å². The van der Waals surface area contributed by atoms with E-state index in [1.54, 1.807) is 32.4 Å². The van der Waals surface area contributed by atoms with Gasteiger partial charge in [0.15, 0.2) is 0 Å². The number of nitrogens with zero attached hydrogens (tertiary/aromatic N) is 2. The average Bonchev–Trinajstić information content (AvgIpc) is 3.09. The third-order valence-corrected chi connectivity index (χ3v) is 4.82. The van der Waals surface area contributed by atoms with Crippen molar-refractivity contribution in [3.8, 4) is 11.5 Å². The number of hydrogen-bond donors (Lipinski definition) is 2. The zero-order valence-electron chi connectivity index (χ0n) is 15.0. The van der Waals surface area contributed by atoms with E-state index < -0.39 is 0 Å². The van der Waals surface area contributed by atoms with E-state index in [2.05, 4.69) is 15.8 Å². The lowest BCUT2D eigenvalue weighted by molar-refractivity contribution is 0.0962. The number of thiazole rings is 1. The zero-order chi connectivity index (χ0) is 18.7. The van der Waals surface area contributed by atoms with Gasteiger partial charge < -0.3 is 14.4 Å². The Hall–Kier alpha value is -3.00. The summed E-state index contributed by atoms with van der Waals surface area (Å²) in [5.74, 6) is 1.11. The first-order valence-corrected chi connectivity index (χ1v) is 8.70. The number of carbonyl (C=O) groups is 1. The van der Waals surface area contributed by atoms with Crippen molar-refractivity contribution in [3.05, 3.63) is 42.0 Å². The van der Waals surface area contributed by atoms with Gasteiger partial charge in [0.2, 0.25) is 5.13 Å². The van der Waals surface area contributed by atoms with Crippen LogP contribution in [-0.2, 0) is 0 Å². The smallest absolute Gasteiger partial charge is 0.269 e. The molecule has 8 heteroatoms. The van der Waals surface area contributed by atoms with Gasteiger partial charge in [-0.25, -0.2) is 4.98 Å². The molecule has 1 amide bonds. The molecule has 3 aromatic rings. The summed E-state index contributed by atoms with van der Waals surface area (Å²) < 4.78 is 11.5. The van der Waals surface area contributed by atoms with Crippen molar-refractivity contribution in [2.75, 3.05) is 38.6 Å². The highest BCUT2D eigenvalue weighted by molar-refractivity contribution is 7.22. The predicted octanol–water partition coefficient (Wildman–Crippen LogP) is 3.14.